The molecule has 184 valence electrons. The first kappa shape index (κ1) is 26.4. The Morgan fingerprint density at radius 3 is 2.29 bits per heavy atom. The number of benzene rings is 2. The SMILES string of the molecule is CCN(CCCC(=O)O)c1cc(OC)c(N=Nc2ccc([N+](=O)[O-])cc2C(F)(F)F)cc1OC. The Labute approximate surface area is 192 Å². The van der Waals surface area contributed by atoms with E-state index in [1.165, 1.54) is 20.3 Å². The summed E-state index contributed by atoms with van der Waals surface area (Å²) in [5, 5.41) is 27.2. The van der Waals surface area contributed by atoms with Gasteiger partial charge in [0.15, 0.2) is 0 Å². The number of carboxylic acid groups (broad SMARTS) is 1. The van der Waals surface area contributed by atoms with Gasteiger partial charge in [-0.1, -0.05) is 0 Å². The monoisotopic (exact) mass is 484 g/mol. The lowest BCUT2D eigenvalue weighted by Crippen LogP contribution is -2.25. The van der Waals surface area contributed by atoms with E-state index < -0.39 is 34.0 Å². The Hall–Kier alpha value is -3.90. The molecule has 2 rings (SSSR count). The number of azo groups is 1. The summed E-state index contributed by atoms with van der Waals surface area (Å²) in [5.74, 6) is -0.404. The highest BCUT2D eigenvalue weighted by atomic mass is 19.4. The summed E-state index contributed by atoms with van der Waals surface area (Å²) in [4.78, 5) is 22.6. The Balaban J connectivity index is 2.47. The van der Waals surface area contributed by atoms with Gasteiger partial charge in [0.25, 0.3) is 5.69 Å². The van der Waals surface area contributed by atoms with Crippen molar-refractivity contribution in [1.82, 2.24) is 0 Å². The first-order valence-corrected chi connectivity index (χ1v) is 10.0. The molecule has 0 bridgehead atoms. The van der Waals surface area contributed by atoms with Crippen LogP contribution in [0.4, 0.5) is 35.9 Å². The second-order valence-electron chi connectivity index (χ2n) is 6.93. The van der Waals surface area contributed by atoms with Gasteiger partial charge in [0.05, 0.1) is 36.1 Å². The number of nitro groups is 1. The van der Waals surface area contributed by atoms with Gasteiger partial charge in [0, 0.05) is 43.8 Å². The van der Waals surface area contributed by atoms with Crippen LogP contribution >= 0.6 is 0 Å². The zero-order valence-corrected chi connectivity index (χ0v) is 18.6. The minimum Gasteiger partial charge on any atom is -0.494 e. The molecule has 10 nitrogen and oxygen atoms in total. The van der Waals surface area contributed by atoms with Gasteiger partial charge >= 0.3 is 12.1 Å². The van der Waals surface area contributed by atoms with Crippen molar-refractivity contribution in [2.24, 2.45) is 10.2 Å². The van der Waals surface area contributed by atoms with Crippen LogP contribution in [-0.2, 0) is 11.0 Å². The number of halogens is 3. The first-order valence-electron chi connectivity index (χ1n) is 10.0. The molecule has 0 aromatic heterocycles. The topological polar surface area (TPSA) is 127 Å². The van der Waals surface area contributed by atoms with Crippen molar-refractivity contribution in [2.75, 3.05) is 32.2 Å². The lowest BCUT2D eigenvalue weighted by Gasteiger charge is -2.25. The number of rotatable bonds is 11. The van der Waals surface area contributed by atoms with Gasteiger partial charge in [0.1, 0.15) is 17.2 Å². The van der Waals surface area contributed by atoms with Crippen molar-refractivity contribution in [1.29, 1.82) is 0 Å². The molecule has 0 aliphatic heterocycles. The Morgan fingerprint density at radius 2 is 1.76 bits per heavy atom. The predicted octanol–water partition coefficient (Wildman–Crippen LogP) is 5.74. The van der Waals surface area contributed by atoms with E-state index in [0.717, 1.165) is 12.1 Å². The number of nitro benzene ring substituents is 1. The average Bonchev–Trinajstić information content (AvgIpc) is 2.79. The molecular formula is C21H23F3N4O6. The molecule has 13 heteroatoms. The highest BCUT2D eigenvalue weighted by Crippen LogP contribution is 2.42. The van der Waals surface area contributed by atoms with E-state index in [1.54, 1.807) is 6.07 Å². The fourth-order valence-electron chi connectivity index (χ4n) is 3.12. The molecule has 0 atom stereocenters. The Morgan fingerprint density at radius 1 is 1.12 bits per heavy atom. The molecule has 0 amide bonds. The van der Waals surface area contributed by atoms with Gasteiger partial charge in [-0.05, 0) is 19.4 Å². The predicted molar refractivity (Wildman–Crippen MR) is 117 cm³/mol. The lowest BCUT2D eigenvalue weighted by atomic mass is 10.1. The Bertz CT molecular complexity index is 1080. The van der Waals surface area contributed by atoms with Crippen molar-refractivity contribution in [3.8, 4) is 11.5 Å². The number of ether oxygens (including phenoxy) is 2. The van der Waals surface area contributed by atoms with Crippen LogP contribution in [0.1, 0.15) is 25.3 Å². The molecule has 1 N–H and O–H groups in total. The maximum atomic E-state index is 13.4. The van der Waals surface area contributed by atoms with Crippen LogP contribution in [0.5, 0.6) is 11.5 Å². The van der Waals surface area contributed by atoms with Crippen LogP contribution in [0.2, 0.25) is 0 Å². The molecule has 0 aliphatic rings. The van der Waals surface area contributed by atoms with Gasteiger partial charge in [-0.2, -0.15) is 13.2 Å². The van der Waals surface area contributed by atoms with Crippen molar-refractivity contribution < 1.29 is 37.5 Å². The fourth-order valence-corrected chi connectivity index (χ4v) is 3.12. The fraction of sp³-hybridized carbons (Fsp3) is 0.381. The second kappa shape index (κ2) is 11.3. The number of carboxylic acids is 1. The van der Waals surface area contributed by atoms with Gasteiger partial charge in [-0.15, -0.1) is 10.2 Å². The van der Waals surface area contributed by atoms with Gasteiger partial charge in [0.2, 0.25) is 0 Å². The van der Waals surface area contributed by atoms with Crippen LogP contribution in [0, 0.1) is 10.1 Å². The molecule has 2 aromatic rings. The summed E-state index contributed by atoms with van der Waals surface area (Å²) in [7, 11) is 2.74. The maximum absolute atomic E-state index is 13.4. The molecule has 0 spiro atoms. The lowest BCUT2D eigenvalue weighted by molar-refractivity contribution is -0.385. The molecule has 0 radical (unpaired) electrons. The number of methoxy groups -OCH3 is 2. The maximum Gasteiger partial charge on any atom is 0.418 e. The highest BCUT2D eigenvalue weighted by Gasteiger charge is 2.35. The van der Waals surface area contributed by atoms with E-state index in [4.69, 9.17) is 14.6 Å². The third kappa shape index (κ3) is 6.56. The Kier molecular flexibility index (Phi) is 8.76. The van der Waals surface area contributed by atoms with E-state index >= 15 is 0 Å². The number of nitrogens with zero attached hydrogens (tertiary/aromatic N) is 4. The minimum atomic E-state index is -4.89. The summed E-state index contributed by atoms with van der Waals surface area (Å²) < 4.78 is 50.9. The van der Waals surface area contributed by atoms with Gasteiger partial charge in [-0.25, -0.2) is 0 Å². The van der Waals surface area contributed by atoms with Gasteiger partial charge < -0.3 is 19.5 Å². The number of non-ortho nitro benzene ring substituents is 1. The quantitative estimate of drug-likeness (QED) is 0.245. The summed E-state index contributed by atoms with van der Waals surface area (Å²) in [6.07, 6.45) is -4.51. The molecule has 0 saturated heterocycles. The number of anilines is 1. The van der Waals surface area contributed by atoms with Crippen LogP contribution in [-0.4, -0.2) is 43.3 Å². The van der Waals surface area contributed by atoms with Crippen LogP contribution in [0.25, 0.3) is 0 Å². The van der Waals surface area contributed by atoms with Crippen LogP contribution in [0.3, 0.4) is 0 Å². The van der Waals surface area contributed by atoms with E-state index in [2.05, 4.69) is 10.2 Å². The van der Waals surface area contributed by atoms with Crippen molar-refractivity contribution >= 4 is 28.7 Å². The zero-order chi connectivity index (χ0) is 25.5. The smallest absolute Gasteiger partial charge is 0.418 e. The third-order valence-corrected chi connectivity index (χ3v) is 4.78. The molecule has 0 aliphatic carbocycles. The molecular weight excluding hydrogens is 461 g/mol. The molecule has 0 fully saturated rings. The summed E-state index contributed by atoms with van der Waals surface area (Å²) >= 11 is 0. The normalized spacial score (nSPS) is 11.5. The molecule has 0 unspecified atom stereocenters. The van der Waals surface area contributed by atoms with E-state index in [1.807, 2.05) is 11.8 Å². The molecule has 2 aromatic carbocycles. The molecule has 0 saturated carbocycles. The standard InChI is InChI=1S/C21H23F3N4O6/c1-4-27(9-5-6-20(29)30)17-12-18(33-2)16(11-19(17)34-3)26-25-15-8-7-13(28(31)32)10-14(15)21(22,23)24/h7-8,10-12H,4-6,9H2,1-3H3,(H,29,30). The number of hydrogen-bond acceptors (Lipinski definition) is 8. The minimum absolute atomic E-state index is 0.0149. The number of carbonyl (C=O) groups is 1. The molecule has 0 heterocycles. The van der Waals surface area contributed by atoms with Crippen molar-refractivity contribution in [3.63, 3.8) is 0 Å². The zero-order valence-electron chi connectivity index (χ0n) is 18.6. The number of aliphatic carboxylic acids is 1. The third-order valence-electron chi connectivity index (χ3n) is 4.78. The van der Waals surface area contributed by atoms with E-state index in [9.17, 15) is 28.1 Å². The number of hydrogen-bond donors (Lipinski definition) is 1. The largest absolute Gasteiger partial charge is 0.494 e. The first-order chi connectivity index (χ1) is 16.0. The van der Waals surface area contributed by atoms with Crippen LogP contribution in [0.15, 0.2) is 40.6 Å². The van der Waals surface area contributed by atoms with Crippen LogP contribution < -0.4 is 14.4 Å². The second-order valence-corrected chi connectivity index (χ2v) is 6.93. The average molecular weight is 484 g/mol. The van der Waals surface area contributed by atoms with Crippen molar-refractivity contribution in [2.45, 2.75) is 25.9 Å². The van der Waals surface area contributed by atoms with E-state index in [0.29, 0.717) is 37.0 Å². The highest BCUT2D eigenvalue weighted by molar-refractivity contribution is 5.70. The summed E-state index contributed by atoms with van der Waals surface area (Å²) in [6, 6.07) is 5.16. The summed E-state index contributed by atoms with van der Waals surface area (Å²) in [6.45, 7) is 2.81. The number of alkyl halides is 3. The molecule has 34 heavy (non-hydrogen) atoms. The van der Waals surface area contributed by atoms with E-state index in [-0.39, 0.29) is 17.9 Å². The van der Waals surface area contributed by atoms with Gasteiger partial charge in [-0.3, -0.25) is 14.9 Å². The van der Waals surface area contributed by atoms with Crippen molar-refractivity contribution in [3.05, 3.63) is 46.0 Å². The summed E-state index contributed by atoms with van der Waals surface area (Å²) in [5.41, 5.74) is -1.98.